The van der Waals surface area contributed by atoms with Crippen molar-refractivity contribution in [3.8, 4) is 0 Å². The SMILES string of the molecule is CC(C(=O)NCC1CCCC1CO)c1ccccc1. The normalized spacial score (nSPS) is 24.1. The van der Waals surface area contributed by atoms with Gasteiger partial charge in [-0.15, -0.1) is 0 Å². The minimum atomic E-state index is -0.116. The lowest BCUT2D eigenvalue weighted by Gasteiger charge is -2.19. The zero-order valence-electron chi connectivity index (χ0n) is 11.5. The Hall–Kier alpha value is -1.35. The van der Waals surface area contributed by atoms with Gasteiger partial charge in [-0.2, -0.15) is 0 Å². The van der Waals surface area contributed by atoms with E-state index in [2.05, 4.69) is 5.32 Å². The summed E-state index contributed by atoms with van der Waals surface area (Å²) in [4.78, 5) is 12.1. The van der Waals surface area contributed by atoms with Crippen LogP contribution in [-0.2, 0) is 4.79 Å². The van der Waals surface area contributed by atoms with Crippen molar-refractivity contribution in [2.75, 3.05) is 13.2 Å². The Morgan fingerprint density at radius 3 is 2.68 bits per heavy atom. The first-order valence-electron chi connectivity index (χ1n) is 7.16. The summed E-state index contributed by atoms with van der Waals surface area (Å²) >= 11 is 0. The van der Waals surface area contributed by atoms with Crippen LogP contribution < -0.4 is 5.32 Å². The van der Waals surface area contributed by atoms with Gasteiger partial charge in [0.2, 0.25) is 5.91 Å². The Balaban J connectivity index is 1.84. The van der Waals surface area contributed by atoms with Crippen LogP contribution in [0.5, 0.6) is 0 Å². The van der Waals surface area contributed by atoms with Gasteiger partial charge in [-0.05, 0) is 37.2 Å². The molecule has 3 heteroatoms. The molecule has 1 amide bonds. The maximum Gasteiger partial charge on any atom is 0.227 e. The number of aliphatic hydroxyl groups excluding tert-OH is 1. The maximum absolute atomic E-state index is 12.1. The third-order valence-corrected chi connectivity index (χ3v) is 4.28. The van der Waals surface area contributed by atoms with Gasteiger partial charge in [-0.3, -0.25) is 4.79 Å². The molecule has 0 radical (unpaired) electrons. The lowest BCUT2D eigenvalue weighted by molar-refractivity contribution is -0.122. The van der Waals surface area contributed by atoms with Gasteiger partial charge in [0.1, 0.15) is 0 Å². The highest BCUT2D eigenvalue weighted by Gasteiger charge is 2.27. The van der Waals surface area contributed by atoms with Crippen molar-refractivity contribution >= 4 is 5.91 Å². The zero-order chi connectivity index (χ0) is 13.7. The predicted molar refractivity (Wildman–Crippen MR) is 75.8 cm³/mol. The average Bonchev–Trinajstić information content (AvgIpc) is 2.92. The fourth-order valence-corrected chi connectivity index (χ4v) is 2.90. The van der Waals surface area contributed by atoms with Crippen molar-refractivity contribution in [1.29, 1.82) is 0 Å². The molecule has 3 unspecified atom stereocenters. The summed E-state index contributed by atoms with van der Waals surface area (Å²) < 4.78 is 0. The van der Waals surface area contributed by atoms with Gasteiger partial charge in [0.05, 0.1) is 5.92 Å². The van der Waals surface area contributed by atoms with Gasteiger partial charge >= 0.3 is 0 Å². The number of aliphatic hydroxyl groups is 1. The Kier molecular flexibility index (Phi) is 4.97. The highest BCUT2D eigenvalue weighted by Crippen LogP contribution is 2.30. The molecule has 1 aromatic carbocycles. The third-order valence-electron chi connectivity index (χ3n) is 4.28. The molecule has 0 heterocycles. The monoisotopic (exact) mass is 261 g/mol. The fraction of sp³-hybridized carbons (Fsp3) is 0.562. The van der Waals surface area contributed by atoms with Crippen molar-refractivity contribution < 1.29 is 9.90 Å². The van der Waals surface area contributed by atoms with Crippen LogP contribution in [0.15, 0.2) is 30.3 Å². The van der Waals surface area contributed by atoms with Crippen molar-refractivity contribution in [2.24, 2.45) is 11.8 Å². The first-order chi connectivity index (χ1) is 9.22. The maximum atomic E-state index is 12.1. The molecule has 19 heavy (non-hydrogen) atoms. The smallest absolute Gasteiger partial charge is 0.227 e. The van der Waals surface area contributed by atoms with E-state index in [4.69, 9.17) is 0 Å². The molecule has 1 aliphatic rings. The van der Waals surface area contributed by atoms with Crippen LogP contribution >= 0.6 is 0 Å². The van der Waals surface area contributed by atoms with Crippen LogP contribution in [-0.4, -0.2) is 24.2 Å². The van der Waals surface area contributed by atoms with Gasteiger partial charge in [-0.25, -0.2) is 0 Å². The molecule has 0 saturated heterocycles. The summed E-state index contributed by atoms with van der Waals surface area (Å²) in [5.74, 6) is 0.772. The van der Waals surface area contributed by atoms with E-state index in [1.165, 1.54) is 6.42 Å². The van der Waals surface area contributed by atoms with E-state index >= 15 is 0 Å². The minimum Gasteiger partial charge on any atom is -0.396 e. The predicted octanol–water partition coefficient (Wildman–Crippen LogP) is 2.31. The molecule has 3 atom stereocenters. The van der Waals surface area contributed by atoms with E-state index in [-0.39, 0.29) is 18.4 Å². The van der Waals surface area contributed by atoms with Crippen molar-refractivity contribution in [2.45, 2.75) is 32.1 Å². The molecule has 0 aromatic heterocycles. The summed E-state index contributed by atoms with van der Waals surface area (Å²) in [6, 6.07) is 9.83. The number of amides is 1. The highest BCUT2D eigenvalue weighted by atomic mass is 16.3. The summed E-state index contributed by atoms with van der Waals surface area (Å²) in [7, 11) is 0. The van der Waals surface area contributed by atoms with Crippen LogP contribution in [0.1, 0.15) is 37.7 Å². The second kappa shape index (κ2) is 6.71. The molecule has 0 aliphatic heterocycles. The van der Waals surface area contributed by atoms with Gasteiger partial charge < -0.3 is 10.4 Å². The first-order valence-corrected chi connectivity index (χ1v) is 7.16. The first kappa shape index (κ1) is 14.1. The largest absolute Gasteiger partial charge is 0.396 e. The van der Waals surface area contributed by atoms with Gasteiger partial charge in [0, 0.05) is 13.2 Å². The number of rotatable bonds is 5. The van der Waals surface area contributed by atoms with Crippen LogP contribution in [0.2, 0.25) is 0 Å². The lowest BCUT2D eigenvalue weighted by Crippen LogP contribution is -2.34. The van der Waals surface area contributed by atoms with E-state index in [0.29, 0.717) is 18.4 Å². The van der Waals surface area contributed by atoms with E-state index in [0.717, 1.165) is 18.4 Å². The molecule has 1 aliphatic carbocycles. The lowest BCUT2D eigenvalue weighted by atomic mass is 9.96. The molecular weight excluding hydrogens is 238 g/mol. The molecule has 2 N–H and O–H groups in total. The van der Waals surface area contributed by atoms with E-state index in [1.54, 1.807) is 0 Å². The molecule has 0 spiro atoms. The Morgan fingerprint density at radius 2 is 2.00 bits per heavy atom. The average molecular weight is 261 g/mol. The Bertz CT molecular complexity index is 404. The topological polar surface area (TPSA) is 49.3 Å². The quantitative estimate of drug-likeness (QED) is 0.854. The highest BCUT2D eigenvalue weighted by molar-refractivity contribution is 5.83. The molecule has 2 rings (SSSR count). The standard InChI is InChI=1S/C16H23NO2/c1-12(13-6-3-2-4-7-13)16(19)17-10-14-8-5-9-15(14)11-18/h2-4,6-7,12,14-15,18H,5,8-11H2,1H3,(H,17,19). The number of nitrogens with one attached hydrogen (secondary N) is 1. The van der Waals surface area contributed by atoms with E-state index < -0.39 is 0 Å². The minimum absolute atomic E-state index is 0.0785. The number of hydrogen-bond acceptors (Lipinski definition) is 2. The summed E-state index contributed by atoms with van der Waals surface area (Å²) in [6.45, 7) is 2.87. The van der Waals surface area contributed by atoms with Crippen molar-refractivity contribution in [3.63, 3.8) is 0 Å². The summed E-state index contributed by atoms with van der Waals surface area (Å²) in [5.41, 5.74) is 1.05. The van der Waals surface area contributed by atoms with Crippen LogP contribution in [0, 0.1) is 11.8 Å². The van der Waals surface area contributed by atoms with E-state index in [9.17, 15) is 9.90 Å². The molecule has 104 valence electrons. The van der Waals surface area contributed by atoms with Gasteiger partial charge in [0.15, 0.2) is 0 Å². The summed E-state index contributed by atoms with van der Waals surface area (Å²) in [5, 5.41) is 12.3. The fourth-order valence-electron chi connectivity index (χ4n) is 2.90. The molecule has 1 fully saturated rings. The van der Waals surface area contributed by atoms with Crippen LogP contribution in [0.3, 0.4) is 0 Å². The number of carbonyl (C=O) groups is 1. The molecule has 1 aromatic rings. The molecule has 3 nitrogen and oxygen atoms in total. The summed E-state index contributed by atoms with van der Waals surface area (Å²) in [6.07, 6.45) is 3.37. The number of carbonyl (C=O) groups excluding carboxylic acids is 1. The second-order valence-electron chi connectivity index (χ2n) is 5.51. The second-order valence-corrected chi connectivity index (χ2v) is 5.51. The van der Waals surface area contributed by atoms with Crippen molar-refractivity contribution in [3.05, 3.63) is 35.9 Å². The van der Waals surface area contributed by atoms with Crippen LogP contribution in [0.25, 0.3) is 0 Å². The van der Waals surface area contributed by atoms with Crippen molar-refractivity contribution in [1.82, 2.24) is 5.32 Å². The zero-order valence-corrected chi connectivity index (χ0v) is 11.5. The van der Waals surface area contributed by atoms with Gasteiger partial charge in [0.25, 0.3) is 0 Å². The van der Waals surface area contributed by atoms with Gasteiger partial charge in [-0.1, -0.05) is 36.8 Å². The number of benzene rings is 1. The molecule has 0 bridgehead atoms. The number of hydrogen-bond donors (Lipinski definition) is 2. The third kappa shape index (κ3) is 3.57. The Labute approximate surface area is 115 Å². The van der Waals surface area contributed by atoms with E-state index in [1.807, 2.05) is 37.3 Å². The molecular formula is C16H23NO2. The Morgan fingerprint density at radius 1 is 1.32 bits per heavy atom. The molecule has 1 saturated carbocycles. The van der Waals surface area contributed by atoms with Crippen LogP contribution in [0.4, 0.5) is 0 Å².